The lowest BCUT2D eigenvalue weighted by Crippen LogP contribution is -1.99. The molecule has 0 amide bonds. The van der Waals surface area contributed by atoms with Crippen molar-refractivity contribution in [2.45, 2.75) is 6.61 Å². The van der Waals surface area contributed by atoms with E-state index in [1.54, 1.807) is 6.07 Å². The van der Waals surface area contributed by atoms with Crippen LogP contribution in [0.3, 0.4) is 0 Å². The van der Waals surface area contributed by atoms with Crippen LogP contribution in [0.5, 0.6) is 5.75 Å². The third kappa shape index (κ3) is 4.24. The second-order valence-corrected chi connectivity index (χ2v) is 6.83. The van der Waals surface area contributed by atoms with Gasteiger partial charge in [-0.05, 0) is 70.3 Å². The SMILES string of the molecule is Fc1ccc(-c2ccc(Cl)cc2)c(COc2ccc(-c3[c]cccc3)cc2)c1. The summed E-state index contributed by atoms with van der Waals surface area (Å²) in [6, 6.07) is 31.1. The lowest BCUT2D eigenvalue weighted by atomic mass is 10.00. The van der Waals surface area contributed by atoms with Crippen molar-refractivity contribution in [1.82, 2.24) is 0 Å². The Morgan fingerprint density at radius 3 is 2.29 bits per heavy atom. The van der Waals surface area contributed by atoms with Crippen LogP contribution < -0.4 is 4.74 Å². The summed E-state index contributed by atoms with van der Waals surface area (Å²) in [7, 11) is 0. The lowest BCUT2D eigenvalue weighted by Gasteiger charge is -2.12. The highest BCUT2D eigenvalue weighted by Crippen LogP contribution is 2.28. The molecule has 28 heavy (non-hydrogen) atoms. The van der Waals surface area contributed by atoms with Crippen molar-refractivity contribution < 1.29 is 9.13 Å². The maximum absolute atomic E-state index is 13.8. The average Bonchev–Trinajstić information content (AvgIpc) is 2.74. The number of ether oxygens (including phenoxy) is 1. The second-order valence-electron chi connectivity index (χ2n) is 6.40. The van der Waals surface area contributed by atoms with Gasteiger partial charge in [0, 0.05) is 5.02 Å². The quantitative estimate of drug-likeness (QED) is 0.352. The molecule has 0 aliphatic rings. The molecule has 0 spiro atoms. The molecule has 0 atom stereocenters. The maximum atomic E-state index is 13.8. The normalized spacial score (nSPS) is 10.6. The van der Waals surface area contributed by atoms with Crippen LogP contribution in [-0.4, -0.2) is 0 Å². The fraction of sp³-hybridized carbons (Fsp3) is 0.0400. The van der Waals surface area contributed by atoms with Gasteiger partial charge in [0.2, 0.25) is 0 Å². The summed E-state index contributed by atoms with van der Waals surface area (Å²) in [5, 5.41) is 0.666. The molecule has 0 unspecified atom stereocenters. The van der Waals surface area contributed by atoms with Crippen molar-refractivity contribution in [3.8, 4) is 28.0 Å². The molecule has 0 bridgehead atoms. The van der Waals surface area contributed by atoms with Crippen LogP contribution in [-0.2, 0) is 6.61 Å². The molecule has 0 fully saturated rings. The molecule has 0 saturated carbocycles. The predicted octanol–water partition coefficient (Wildman–Crippen LogP) is 7.19. The molecular weight excluding hydrogens is 371 g/mol. The zero-order valence-corrected chi connectivity index (χ0v) is 15.8. The van der Waals surface area contributed by atoms with Gasteiger partial charge in [0.25, 0.3) is 0 Å². The fourth-order valence-electron chi connectivity index (χ4n) is 3.06. The highest BCUT2D eigenvalue weighted by atomic mass is 35.5. The van der Waals surface area contributed by atoms with E-state index >= 15 is 0 Å². The molecule has 0 N–H and O–H groups in total. The summed E-state index contributed by atoms with van der Waals surface area (Å²) in [6.07, 6.45) is 0. The summed E-state index contributed by atoms with van der Waals surface area (Å²) in [4.78, 5) is 0. The Bertz CT molecular complexity index is 1060. The third-order valence-electron chi connectivity index (χ3n) is 4.49. The van der Waals surface area contributed by atoms with Crippen LogP contribution in [0.1, 0.15) is 5.56 Å². The molecule has 3 heteroatoms. The van der Waals surface area contributed by atoms with Gasteiger partial charge < -0.3 is 4.74 Å². The number of rotatable bonds is 5. The first-order valence-corrected chi connectivity index (χ1v) is 9.31. The minimum Gasteiger partial charge on any atom is -0.489 e. The standard InChI is InChI=1S/C25H17ClFO/c26-22-10-6-20(7-11-22)25-15-12-23(27)16-21(25)17-28-24-13-8-19(9-14-24)18-4-2-1-3-5-18/h1-4,6-16H,17H2. The molecule has 0 saturated heterocycles. The molecule has 0 aliphatic carbocycles. The van der Waals surface area contributed by atoms with Gasteiger partial charge in [0.05, 0.1) is 0 Å². The van der Waals surface area contributed by atoms with Crippen LogP contribution in [0, 0.1) is 11.9 Å². The van der Waals surface area contributed by atoms with E-state index in [1.165, 1.54) is 12.1 Å². The van der Waals surface area contributed by atoms with Crippen LogP contribution in [0.25, 0.3) is 22.3 Å². The molecular formula is C25H17ClFO. The molecule has 4 rings (SSSR count). The summed E-state index contributed by atoms with van der Waals surface area (Å²) < 4.78 is 19.7. The van der Waals surface area contributed by atoms with Gasteiger partial charge >= 0.3 is 0 Å². The highest BCUT2D eigenvalue weighted by molar-refractivity contribution is 6.30. The van der Waals surface area contributed by atoms with Crippen molar-refractivity contribution in [2.24, 2.45) is 0 Å². The van der Waals surface area contributed by atoms with Gasteiger partial charge in [-0.25, -0.2) is 4.39 Å². The Balaban J connectivity index is 1.53. The molecule has 0 aliphatic heterocycles. The van der Waals surface area contributed by atoms with Crippen LogP contribution in [0.2, 0.25) is 5.02 Å². The highest BCUT2D eigenvalue weighted by Gasteiger charge is 2.08. The second kappa shape index (κ2) is 8.28. The van der Waals surface area contributed by atoms with Crippen molar-refractivity contribution in [1.29, 1.82) is 0 Å². The number of halogens is 2. The Morgan fingerprint density at radius 1 is 0.821 bits per heavy atom. The minimum absolute atomic E-state index is 0.270. The summed E-state index contributed by atoms with van der Waals surface area (Å²) in [6.45, 7) is 0.270. The summed E-state index contributed by atoms with van der Waals surface area (Å²) in [5.74, 6) is 0.442. The zero-order valence-electron chi connectivity index (χ0n) is 15.0. The molecule has 1 nitrogen and oxygen atoms in total. The van der Waals surface area contributed by atoms with Crippen LogP contribution >= 0.6 is 11.6 Å². The minimum atomic E-state index is -0.286. The Labute approximate surface area is 169 Å². The zero-order chi connectivity index (χ0) is 19.3. The molecule has 4 aromatic rings. The Kier molecular flexibility index (Phi) is 5.41. The monoisotopic (exact) mass is 387 g/mol. The summed E-state index contributed by atoms with van der Waals surface area (Å²) in [5.41, 5.74) is 4.78. The van der Waals surface area contributed by atoms with Crippen molar-refractivity contribution in [3.63, 3.8) is 0 Å². The van der Waals surface area contributed by atoms with E-state index < -0.39 is 0 Å². The number of hydrogen-bond acceptors (Lipinski definition) is 1. The largest absolute Gasteiger partial charge is 0.489 e. The first-order valence-electron chi connectivity index (χ1n) is 8.93. The van der Waals surface area contributed by atoms with Gasteiger partial charge in [0.15, 0.2) is 0 Å². The first kappa shape index (κ1) is 18.3. The van der Waals surface area contributed by atoms with Gasteiger partial charge in [-0.1, -0.05) is 66.2 Å². The average molecular weight is 388 g/mol. The van der Waals surface area contributed by atoms with Gasteiger partial charge in [-0.2, -0.15) is 0 Å². The van der Waals surface area contributed by atoms with Crippen LogP contribution in [0.4, 0.5) is 4.39 Å². The van der Waals surface area contributed by atoms with E-state index in [4.69, 9.17) is 16.3 Å². The van der Waals surface area contributed by atoms with Gasteiger partial charge in [-0.15, -0.1) is 0 Å². The molecule has 1 radical (unpaired) electrons. The smallest absolute Gasteiger partial charge is 0.123 e. The van der Waals surface area contributed by atoms with Crippen LogP contribution in [0.15, 0.2) is 91.0 Å². The van der Waals surface area contributed by atoms with E-state index in [2.05, 4.69) is 6.07 Å². The summed E-state index contributed by atoms with van der Waals surface area (Å²) >= 11 is 5.98. The third-order valence-corrected chi connectivity index (χ3v) is 4.74. The van der Waals surface area contributed by atoms with E-state index in [9.17, 15) is 4.39 Å². The Morgan fingerprint density at radius 2 is 1.57 bits per heavy atom. The van der Waals surface area contributed by atoms with E-state index in [0.717, 1.165) is 33.6 Å². The van der Waals surface area contributed by atoms with E-state index in [1.807, 2.05) is 72.8 Å². The maximum Gasteiger partial charge on any atom is 0.123 e. The van der Waals surface area contributed by atoms with E-state index in [-0.39, 0.29) is 12.4 Å². The van der Waals surface area contributed by atoms with E-state index in [0.29, 0.717) is 5.02 Å². The van der Waals surface area contributed by atoms with Gasteiger partial charge in [-0.3, -0.25) is 0 Å². The lowest BCUT2D eigenvalue weighted by molar-refractivity contribution is 0.306. The Hall–Kier alpha value is -3.10. The topological polar surface area (TPSA) is 9.23 Å². The van der Waals surface area contributed by atoms with Crippen molar-refractivity contribution >= 4 is 11.6 Å². The first-order chi connectivity index (χ1) is 13.7. The van der Waals surface area contributed by atoms with Crippen molar-refractivity contribution in [3.05, 3.63) is 113 Å². The number of benzene rings is 4. The molecule has 0 heterocycles. The fourth-order valence-corrected chi connectivity index (χ4v) is 3.18. The van der Waals surface area contributed by atoms with Gasteiger partial charge in [0.1, 0.15) is 18.2 Å². The predicted molar refractivity (Wildman–Crippen MR) is 112 cm³/mol. The van der Waals surface area contributed by atoms with Crippen molar-refractivity contribution in [2.75, 3.05) is 0 Å². The number of hydrogen-bond donors (Lipinski definition) is 0. The molecule has 137 valence electrons. The molecule has 0 aromatic heterocycles. The molecule has 4 aromatic carbocycles.